The first-order valence-electron chi connectivity index (χ1n) is 7.14. The van der Waals surface area contributed by atoms with Gasteiger partial charge in [-0.1, -0.05) is 44.5 Å². The van der Waals surface area contributed by atoms with Crippen molar-refractivity contribution in [2.24, 2.45) is 5.92 Å². The number of carbonyl (C=O) groups is 1. The molecule has 0 amide bonds. The minimum atomic E-state index is -1.93. The van der Waals surface area contributed by atoms with Gasteiger partial charge in [0, 0.05) is 11.6 Å². The summed E-state index contributed by atoms with van der Waals surface area (Å²) in [7, 11) is -1.93. The van der Waals surface area contributed by atoms with Gasteiger partial charge < -0.3 is 9.53 Å². The molecule has 1 N–H and O–H groups in total. The summed E-state index contributed by atoms with van der Waals surface area (Å²) in [5, 5.41) is 10.1. The maximum Gasteiger partial charge on any atom is 0.309 e. The normalized spacial score (nSPS) is 14.0. The Balaban J connectivity index is 2.74. The van der Waals surface area contributed by atoms with E-state index in [1.54, 1.807) is 6.07 Å². The molecule has 0 aliphatic heterocycles. The maximum absolute atomic E-state index is 11.5. The Morgan fingerprint density at radius 3 is 2.48 bits per heavy atom. The molecule has 1 rings (SSSR count). The summed E-state index contributed by atoms with van der Waals surface area (Å²) >= 11 is 5.95. The van der Waals surface area contributed by atoms with Crippen molar-refractivity contribution in [2.45, 2.75) is 45.3 Å². The van der Waals surface area contributed by atoms with Crippen LogP contribution in [0.2, 0.25) is 23.2 Å². The molecular weight excluding hydrogens is 304 g/mol. The molecule has 118 valence electrons. The smallest absolute Gasteiger partial charge is 0.309 e. The maximum atomic E-state index is 11.5. The molecule has 3 nitrogen and oxygen atoms in total. The fourth-order valence-corrected chi connectivity index (χ4v) is 2.96. The SMILES string of the molecule is CC(C)(C)[Si](C)(C)OCC(Cc1cccc(Cl)c1)C(=O)O. The Morgan fingerprint density at radius 1 is 1.38 bits per heavy atom. The lowest BCUT2D eigenvalue weighted by Crippen LogP contribution is -2.42. The molecule has 1 aromatic rings. The molecule has 21 heavy (non-hydrogen) atoms. The van der Waals surface area contributed by atoms with Crippen LogP contribution in [-0.2, 0) is 15.6 Å². The van der Waals surface area contributed by atoms with Crippen molar-refractivity contribution in [3.8, 4) is 0 Å². The van der Waals surface area contributed by atoms with E-state index in [-0.39, 0.29) is 11.6 Å². The molecule has 0 fully saturated rings. The molecule has 5 heteroatoms. The summed E-state index contributed by atoms with van der Waals surface area (Å²) in [6, 6.07) is 7.33. The largest absolute Gasteiger partial charge is 0.481 e. The second-order valence-electron chi connectivity index (χ2n) is 6.94. The zero-order valence-electron chi connectivity index (χ0n) is 13.4. The number of hydrogen-bond acceptors (Lipinski definition) is 2. The van der Waals surface area contributed by atoms with E-state index >= 15 is 0 Å². The van der Waals surface area contributed by atoms with Gasteiger partial charge in [0.05, 0.1) is 5.92 Å². The predicted octanol–water partition coefficient (Wildman–Crippen LogP) is 4.61. The molecule has 1 atom stereocenters. The Morgan fingerprint density at radius 2 is 2.00 bits per heavy atom. The van der Waals surface area contributed by atoms with Crippen LogP contribution in [0.1, 0.15) is 26.3 Å². The van der Waals surface area contributed by atoms with Gasteiger partial charge in [0.25, 0.3) is 0 Å². The molecule has 0 saturated heterocycles. The number of carboxylic acid groups (broad SMARTS) is 1. The van der Waals surface area contributed by atoms with Gasteiger partial charge >= 0.3 is 5.97 Å². The molecule has 0 aromatic heterocycles. The second kappa shape index (κ2) is 6.94. The van der Waals surface area contributed by atoms with Crippen LogP contribution in [0.5, 0.6) is 0 Å². The molecular formula is C16H25ClO3Si. The van der Waals surface area contributed by atoms with E-state index < -0.39 is 20.2 Å². The van der Waals surface area contributed by atoms with Crippen LogP contribution < -0.4 is 0 Å². The van der Waals surface area contributed by atoms with Crippen molar-refractivity contribution in [3.05, 3.63) is 34.9 Å². The van der Waals surface area contributed by atoms with Crippen molar-refractivity contribution < 1.29 is 14.3 Å². The number of carboxylic acids is 1. The molecule has 0 bridgehead atoms. The van der Waals surface area contributed by atoms with Gasteiger partial charge in [-0.3, -0.25) is 4.79 Å². The van der Waals surface area contributed by atoms with Crippen molar-refractivity contribution in [3.63, 3.8) is 0 Å². The summed E-state index contributed by atoms with van der Waals surface area (Å²) in [5.41, 5.74) is 0.925. The molecule has 0 heterocycles. The van der Waals surface area contributed by atoms with Gasteiger partial charge in [-0.05, 0) is 42.2 Å². The third-order valence-corrected chi connectivity index (χ3v) is 8.91. The lowest BCUT2D eigenvalue weighted by atomic mass is 10.0. The van der Waals surface area contributed by atoms with E-state index in [1.165, 1.54) is 0 Å². The third kappa shape index (κ3) is 5.45. The number of rotatable bonds is 6. The first kappa shape index (κ1) is 18.2. The highest BCUT2D eigenvalue weighted by Gasteiger charge is 2.38. The second-order valence-corrected chi connectivity index (χ2v) is 12.2. The fraction of sp³-hybridized carbons (Fsp3) is 0.562. The van der Waals surface area contributed by atoms with Crippen molar-refractivity contribution in [2.75, 3.05) is 6.61 Å². The Hall–Kier alpha value is -0.843. The lowest BCUT2D eigenvalue weighted by molar-refractivity contribution is -0.142. The van der Waals surface area contributed by atoms with E-state index in [1.807, 2.05) is 18.2 Å². The molecule has 0 aliphatic carbocycles. The van der Waals surface area contributed by atoms with E-state index in [0.717, 1.165) is 5.56 Å². The number of halogens is 1. The first-order valence-corrected chi connectivity index (χ1v) is 10.4. The Kier molecular flexibility index (Phi) is 6.02. The van der Waals surface area contributed by atoms with Crippen molar-refractivity contribution in [1.29, 1.82) is 0 Å². The number of aliphatic carboxylic acids is 1. The van der Waals surface area contributed by atoms with Gasteiger partial charge in [0.1, 0.15) is 0 Å². The lowest BCUT2D eigenvalue weighted by Gasteiger charge is -2.36. The summed E-state index contributed by atoms with van der Waals surface area (Å²) in [6.45, 7) is 10.9. The summed E-state index contributed by atoms with van der Waals surface area (Å²) in [4.78, 5) is 11.5. The van der Waals surface area contributed by atoms with Crippen molar-refractivity contribution in [1.82, 2.24) is 0 Å². The molecule has 1 aromatic carbocycles. The highest BCUT2D eigenvalue weighted by atomic mass is 35.5. The third-order valence-electron chi connectivity index (χ3n) is 4.17. The minimum Gasteiger partial charge on any atom is -0.481 e. The summed E-state index contributed by atoms with van der Waals surface area (Å²) in [5.74, 6) is -1.37. The van der Waals surface area contributed by atoms with Gasteiger partial charge in [-0.2, -0.15) is 0 Å². The van der Waals surface area contributed by atoms with Crippen LogP contribution in [0.15, 0.2) is 24.3 Å². The van der Waals surface area contributed by atoms with Crippen LogP contribution >= 0.6 is 11.6 Å². The van der Waals surface area contributed by atoms with Gasteiger partial charge in [-0.15, -0.1) is 0 Å². The van der Waals surface area contributed by atoms with Crippen LogP contribution in [0.25, 0.3) is 0 Å². The molecule has 0 radical (unpaired) electrons. The number of benzene rings is 1. The zero-order chi connectivity index (χ0) is 16.3. The van der Waals surface area contributed by atoms with Crippen LogP contribution in [0.3, 0.4) is 0 Å². The van der Waals surface area contributed by atoms with Gasteiger partial charge in [-0.25, -0.2) is 0 Å². The first-order chi connectivity index (χ1) is 9.53. The minimum absolute atomic E-state index is 0.0755. The molecule has 0 spiro atoms. The van der Waals surface area contributed by atoms with E-state index in [0.29, 0.717) is 11.4 Å². The molecule has 0 saturated carbocycles. The predicted molar refractivity (Wildman–Crippen MR) is 89.4 cm³/mol. The quantitative estimate of drug-likeness (QED) is 0.776. The van der Waals surface area contributed by atoms with E-state index in [2.05, 4.69) is 33.9 Å². The fourth-order valence-electron chi connectivity index (χ4n) is 1.69. The average Bonchev–Trinajstić information content (AvgIpc) is 2.32. The molecule has 0 aliphatic rings. The summed E-state index contributed by atoms with van der Waals surface area (Å²) < 4.78 is 6.04. The van der Waals surface area contributed by atoms with Gasteiger partial charge in [0.2, 0.25) is 0 Å². The molecule has 1 unspecified atom stereocenters. The van der Waals surface area contributed by atoms with Crippen LogP contribution in [0, 0.1) is 5.92 Å². The monoisotopic (exact) mass is 328 g/mol. The standard InChI is InChI=1S/C16H25ClO3Si/c1-16(2,3)21(4,5)20-11-13(15(18)19)9-12-7-6-8-14(17)10-12/h6-8,10,13H,9,11H2,1-5H3,(H,18,19). The highest BCUT2D eigenvalue weighted by molar-refractivity contribution is 6.74. The zero-order valence-corrected chi connectivity index (χ0v) is 15.2. The topological polar surface area (TPSA) is 46.5 Å². The van der Waals surface area contributed by atoms with E-state index in [9.17, 15) is 9.90 Å². The van der Waals surface area contributed by atoms with E-state index in [4.69, 9.17) is 16.0 Å². The van der Waals surface area contributed by atoms with Crippen molar-refractivity contribution >= 4 is 25.9 Å². The average molecular weight is 329 g/mol. The number of hydrogen-bond donors (Lipinski definition) is 1. The van der Waals surface area contributed by atoms with Crippen LogP contribution in [0.4, 0.5) is 0 Å². The summed E-state index contributed by atoms with van der Waals surface area (Å²) in [6.07, 6.45) is 0.435. The van der Waals surface area contributed by atoms with Gasteiger partial charge in [0.15, 0.2) is 8.32 Å². The Labute approximate surface area is 133 Å². The highest BCUT2D eigenvalue weighted by Crippen LogP contribution is 2.36. The Bertz CT molecular complexity index is 495. The van der Waals surface area contributed by atoms with Crippen LogP contribution in [-0.4, -0.2) is 26.0 Å².